The molecule has 1 aliphatic rings. The molecular formula is C19H28ClN3O2. The summed E-state index contributed by atoms with van der Waals surface area (Å²) in [6, 6.07) is 8.47. The van der Waals surface area contributed by atoms with E-state index in [-0.39, 0.29) is 30.1 Å². The highest BCUT2D eigenvalue weighted by Gasteiger charge is 2.26. The molecule has 2 unspecified atom stereocenters. The maximum atomic E-state index is 12.6. The number of nitrogens with one attached hydrogen (secondary N) is 3. The lowest BCUT2D eigenvalue weighted by atomic mass is 9.97. The van der Waals surface area contributed by atoms with E-state index in [1.807, 2.05) is 32.0 Å². The Hall–Kier alpha value is -1.85. The molecule has 2 rings (SSSR count). The van der Waals surface area contributed by atoms with Crippen LogP contribution in [-0.4, -0.2) is 37.5 Å². The Kier molecular flexibility index (Phi) is 9.24. The SMILES string of the molecule is CCC(C)C(NC(=O)c1ccccc1)C(=O)NCC1=CCNCC1.Cl. The molecule has 5 nitrogen and oxygen atoms in total. The number of carbonyl (C=O) groups excluding carboxylic acids is 2. The van der Waals surface area contributed by atoms with Gasteiger partial charge in [0.05, 0.1) is 0 Å². The lowest BCUT2D eigenvalue weighted by Crippen LogP contribution is -2.50. The number of benzene rings is 1. The van der Waals surface area contributed by atoms with E-state index in [1.54, 1.807) is 12.1 Å². The van der Waals surface area contributed by atoms with Crippen molar-refractivity contribution in [1.82, 2.24) is 16.0 Å². The van der Waals surface area contributed by atoms with Gasteiger partial charge >= 0.3 is 0 Å². The Balaban J connectivity index is 0.00000312. The Labute approximate surface area is 156 Å². The number of rotatable bonds is 7. The minimum atomic E-state index is -0.523. The minimum absolute atomic E-state index is 0. The van der Waals surface area contributed by atoms with Gasteiger partial charge in [0.1, 0.15) is 6.04 Å². The van der Waals surface area contributed by atoms with Crippen molar-refractivity contribution in [2.45, 2.75) is 32.7 Å². The van der Waals surface area contributed by atoms with Gasteiger partial charge in [-0.1, -0.05) is 50.1 Å². The second-order valence-corrected chi connectivity index (χ2v) is 6.24. The summed E-state index contributed by atoms with van der Waals surface area (Å²) in [6.45, 7) is 6.36. The largest absolute Gasteiger partial charge is 0.351 e. The van der Waals surface area contributed by atoms with E-state index in [9.17, 15) is 9.59 Å². The molecule has 0 saturated carbocycles. The normalized spacial score (nSPS) is 16.0. The number of amides is 2. The zero-order valence-corrected chi connectivity index (χ0v) is 15.7. The van der Waals surface area contributed by atoms with Crippen LogP contribution in [0, 0.1) is 5.92 Å². The Bertz CT molecular complexity index is 590. The zero-order valence-electron chi connectivity index (χ0n) is 14.9. The summed E-state index contributed by atoms with van der Waals surface area (Å²) < 4.78 is 0. The lowest BCUT2D eigenvalue weighted by molar-refractivity contribution is -0.123. The van der Waals surface area contributed by atoms with Crippen molar-refractivity contribution in [2.75, 3.05) is 19.6 Å². The Morgan fingerprint density at radius 1 is 1.24 bits per heavy atom. The highest BCUT2D eigenvalue weighted by Crippen LogP contribution is 2.10. The smallest absolute Gasteiger partial charge is 0.251 e. The summed E-state index contributed by atoms with van der Waals surface area (Å²) in [4.78, 5) is 25.0. The van der Waals surface area contributed by atoms with Gasteiger partial charge in [-0.25, -0.2) is 0 Å². The maximum Gasteiger partial charge on any atom is 0.251 e. The first-order valence-corrected chi connectivity index (χ1v) is 8.64. The number of halogens is 1. The molecule has 3 N–H and O–H groups in total. The molecule has 2 amide bonds. The van der Waals surface area contributed by atoms with E-state index in [1.165, 1.54) is 5.57 Å². The number of hydrogen-bond acceptors (Lipinski definition) is 3. The third-order valence-corrected chi connectivity index (χ3v) is 4.47. The van der Waals surface area contributed by atoms with Crippen LogP contribution in [0.3, 0.4) is 0 Å². The molecule has 1 aromatic rings. The van der Waals surface area contributed by atoms with Gasteiger partial charge in [0, 0.05) is 18.7 Å². The van der Waals surface area contributed by atoms with Crippen LogP contribution in [0.15, 0.2) is 42.0 Å². The summed E-state index contributed by atoms with van der Waals surface area (Å²) in [5.41, 5.74) is 1.80. The van der Waals surface area contributed by atoms with E-state index >= 15 is 0 Å². The average Bonchev–Trinajstić information content (AvgIpc) is 2.65. The van der Waals surface area contributed by atoms with E-state index in [2.05, 4.69) is 22.0 Å². The highest BCUT2D eigenvalue weighted by atomic mass is 35.5. The lowest BCUT2D eigenvalue weighted by Gasteiger charge is -2.24. The summed E-state index contributed by atoms with van der Waals surface area (Å²) in [6.07, 6.45) is 3.88. The van der Waals surface area contributed by atoms with Gasteiger partial charge in [0.2, 0.25) is 5.91 Å². The van der Waals surface area contributed by atoms with Gasteiger partial charge in [-0.05, 0) is 31.0 Å². The maximum absolute atomic E-state index is 12.6. The van der Waals surface area contributed by atoms with Crippen molar-refractivity contribution < 1.29 is 9.59 Å². The van der Waals surface area contributed by atoms with Crippen LogP contribution in [0.5, 0.6) is 0 Å². The fourth-order valence-electron chi connectivity index (χ4n) is 2.66. The molecule has 1 aromatic carbocycles. The third-order valence-electron chi connectivity index (χ3n) is 4.47. The fraction of sp³-hybridized carbons (Fsp3) is 0.474. The van der Waals surface area contributed by atoms with Crippen molar-refractivity contribution >= 4 is 24.2 Å². The summed E-state index contributed by atoms with van der Waals surface area (Å²) in [5.74, 6) is -0.259. The number of carbonyl (C=O) groups is 2. The molecule has 0 aliphatic carbocycles. The molecule has 0 bridgehead atoms. The zero-order chi connectivity index (χ0) is 17.4. The van der Waals surface area contributed by atoms with Crippen LogP contribution in [0.25, 0.3) is 0 Å². The standard InChI is InChI=1S/C19H27N3O2.ClH/c1-3-14(2)17(22-18(23)16-7-5-4-6-8-16)19(24)21-13-15-9-11-20-12-10-15;/h4-9,14,17,20H,3,10-13H2,1-2H3,(H,21,24)(H,22,23);1H. The van der Waals surface area contributed by atoms with Crippen molar-refractivity contribution in [3.05, 3.63) is 47.5 Å². The molecule has 1 heterocycles. The monoisotopic (exact) mass is 365 g/mol. The molecule has 0 aromatic heterocycles. The third kappa shape index (κ3) is 6.52. The molecule has 0 radical (unpaired) electrons. The van der Waals surface area contributed by atoms with Crippen LogP contribution >= 0.6 is 12.4 Å². The first-order chi connectivity index (χ1) is 11.6. The molecule has 2 atom stereocenters. The minimum Gasteiger partial charge on any atom is -0.351 e. The predicted molar refractivity (Wildman–Crippen MR) is 103 cm³/mol. The second-order valence-electron chi connectivity index (χ2n) is 6.24. The first-order valence-electron chi connectivity index (χ1n) is 8.64. The Morgan fingerprint density at radius 3 is 2.56 bits per heavy atom. The van der Waals surface area contributed by atoms with Gasteiger partial charge in [-0.3, -0.25) is 9.59 Å². The van der Waals surface area contributed by atoms with Gasteiger partial charge in [-0.15, -0.1) is 12.4 Å². The second kappa shape index (κ2) is 10.9. The van der Waals surface area contributed by atoms with Crippen LogP contribution in [0.4, 0.5) is 0 Å². The molecular weight excluding hydrogens is 338 g/mol. The highest BCUT2D eigenvalue weighted by molar-refractivity contribution is 5.97. The quantitative estimate of drug-likeness (QED) is 0.649. The molecule has 1 aliphatic heterocycles. The van der Waals surface area contributed by atoms with Gasteiger partial charge in [0.25, 0.3) is 5.91 Å². The van der Waals surface area contributed by atoms with Gasteiger partial charge < -0.3 is 16.0 Å². The van der Waals surface area contributed by atoms with Crippen LogP contribution < -0.4 is 16.0 Å². The van der Waals surface area contributed by atoms with Crippen molar-refractivity contribution in [3.63, 3.8) is 0 Å². The van der Waals surface area contributed by atoms with Crippen LogP contribution in [0.1, 0.15) is 37.0 Å². The van der Waals surface area contributed by atoms with E-state index in [4.69, 9.17) is 0 Å². The van der Waals surface area contributed by atoms with Crippen LogP contribution in [0.2, 0.25) is 0 Å². The topological polar surface area (TPSA) is 70.2 Å². The van der Waals surface area contributed by atoms with E-state index < -0.39 is 6.04 Å². The molecule has 0 saturated heterocycles. The average molecular weight is 366 g/mol. The van der Waals surface area contributed by atoms with Gasteiger partial charge in [-0.2, -0.15) is 0 Å². The molecule has 0 spiro atoms. The van der Waals surface area contributed by atoms with E-state index in [0.29, 0.717) is 12.1 Å². The fourth-order valence-corrected chi connectivity index (χ4v) is 2.66. The van der Waals surface area contributed by atoms with Gasteiger partial charge in [0.15, 0.2) is 0 Å². The predicted octanol–water partition coefficient (Wildman–Crippen LogP) is 2.29. The molecule has 25 heavy (non-hydrogen) atoms. The first kappa shape index (κ1) is 21.2. The molecule has 0 fully saturated rings. The van der Waals surface area contributed by atoms with Crippen molar-refractivity contribution in [3.8, 4) is 0 Å². The summed E-state index contributed by atoms with van der Waals surface area (Å²) in [5, 5.41) is 9.11. The van der Waals surface area contributed by atoms with Crippen LogP contribution in [-0.2, 0) is 4.79 Å². The Morgan fingerprint density at radius 2 is 1.96 bits per heavy atom. The molecule has 138 valence electrons. The van der Waals surface area contributed by atoms with E-state index in [0.717, 1.165) is 25.9 Å². The van der Waals surface area contributed by atoms with Crippen molar-refractivity contribution in [1.29, 1.82) is 0 Å². The van der Waals surface area contributed by atoms with Crippen molar-refractivity contribution in [2.24, 2.45) is 5.92 Å². The number of hydrogen-bond donors (Lipinski definition) is 3. The summed E-state index contributed by atoms with van der Waals surface area (Å²) in [7, 11) is 0. The molecule has 6 heteroatoms. The summed E-state index contributed by atoms with van der Waals surface area (Å²) >= 11 is 0.